The van der Waals surface area contributed by atoms with Gasteiger partial charge in [0.15, 0.2) is 0 Å². The minimum absolute atomic E-state index is 0.0247. The average molecular weight is 373 g/mol. The third-order valence-electron chi connectivity index (χ3n) is 4.52. The van der Waals surface area contributed by atoms with Crippen LogP contribution in [0, 0.1) is 17.2 Å². The zero-order valence-corrected chi connectivity index (χ0v) is 14.9. The van der Waals surface area contributed by atoms with Crippen molar-refractivity contribution in [1.82, 2.24) is 14.1 Å². The normalized spacial score (nSPS) is 16.3. The SMILES string of the molecule is N#Cc1cnn(C(=O)C2CCN(S(=O)(=O)Cc3ccccc3)CC2)c1N. The molecule has 0 radical (unpaired) electrons. The molecular weight excluding hydrogens is 354 g/mol. The summed E-state index contributed by atoms with van der Waals surface area (Å²) in [5, 5.41) is 12.8. The van der Waals surface area contributed by atoms with Crippen LogP contribution in [0.5, 0.6) is 0 Å². The number of rotatable bonds is 4. The first kappa shape index (κ1) is 18.1. The van der Waals surface area contributed by atoms with Crippen molar-refractivity contribution in [1.29, 1.82) is 5.26 Å². The molecule has 2 heterocycles. The number of sulfonamides is 1. The number of nitrogens with zero attached hydrogens (tertiary/aromatic N) is 4. The lowest BCUT2D eigenvalue weighted by atomic mass is 9.97. The van der Waals surface area contributed by atoms with Crippen LogP contribution in [-0.2, 0) is 15.8 Å². The molecule has 1 aromatic heterocycles. The van der Waals surface area contributed by atoms with Crippen LogP contribution in [0.3, 0.4) is 0 Å². The Labute approximate surface area is 151 Å². The van der Waals surface area contributed by atoms with Gasteiger partial charge in [-0.2, -0.15) is 15.0 Å². The molecule has 0 bridgehead atoms. The Balaban J connectivity index is 1.64. The first-order chi connectivity index (χ1) is 12.4. The second kappa shape index (κ2) is 7.27. The van der Waals surface area contributed by atoms with Gasteiger partial charge >= 0.3 is 0 Å². The van der Waals surface area contributed by atoms with Crippen LogP contribution in [0.1, 0.15) is 28.8 Å². The van der Waals surface area contributed by atoms with Gasteiger partial charge in [0.25, 0.3) is 5.91 Å². The van der Waals surface area contributed by atoms with E-state index in [2.05, 4.69) is 5.10 Å². The van der Waals surface area contributed by atoms with E-state index in [1.54, 1.807) is 24.3 Å². The fourth-order valence-electron chi connectivity index (χ4n) is 3.05. The van der Waals surface area contributed by atoms with Crippen molar-refractivity contribution in [2.75, 3.05) is 18.8 Å². The monoisotopic (exact) mass is 373 g/mol. The van der Waals surface area contributed by atoms with Gasteiger partial charge in [0.2, 0.25) is 10.0 Å². The largest absolute Gasteiger partial charge is 0.382 e. The second-order valence-corrected chi connectivity index (χ2v) is 8.19. The van der Waals surface area contributed by atoms with Gasteiger partial charge in [-0.05, 0) is 18.4 Å². The summed E-state index contributed by atoms with van der Waals surface area (Å²) in [5.41, 5.74) is 6.64. The fourth-order valence-corrected chi connectivity index (χ4v) is 4.61. The molecule has 0 spiro atoms. The Morgan fingerprint density at radius 2 is 1.92 bits per heavy atom. The first-order valence-electron chi connectivity index (χ1n) is 8.22. The van der Waals surface area contributed by atoms with Gasteiger partial charge < -0.3 is 5.73 Å². The predicted octanol–water partition coefficient (Wildman–Crippen LogP) is 1.22. The fraction of sp³-hybridized carbons (Fsp3) is 0.353. The predicted molar refractivity (Wildman–Crippen MR) is 95.3 cm³/mol. The standard InChI is InChI=1S/C17H19N5O3S/c18-10-15-11-20-22(16(15)19)17(23)14-6-8-21(9-7-14)26(24,25)12-13-4-2-1-3-5-13/h1-5,11,14H,6-9,12,19H2. The molecule has 1 aliphatic rings. The van der Waals surface area contributed by atoms with Crippen molar-refractivity contribution in [2.24, 2.45) is 5.92 Å². The number of aromatic nitrogens is 2. The number of benzene rings is 1. The van der Waals surface area contributed by atoms with Crippen molar-refractivity contribution < 1.29 is 13.2 Å². The summed E-state index contributed by atoms with van der Waals surface area (Å²) in [6.07, 6.45) is 2.05. The number of piperidine rings is 1. The Morgan fingerprint density at radius 3 is 2.50 bits per heavy atom. The lowest BCUT2D eigenvalue weighted by molar-refractivity contribution is 0.0773. The molecule has 0 amide bonds. The molecule has 0 saturated carbocycles. The van der Waals surface area contributed by atoms with E-state index >= 15 is 0 Å². The lowest BCUT2D eigenvalue weighted by Crippen LogP contribution is -2.41. The summed E-state index contributed by atoms with van der Waals surface area (Å²) >= 11 is 0. The molecule has 0 unspecified atom stereocenters. The Kier molecular flexibility index (Phi) is 5.06. The van der Waals surface area contributed by atoms with Crippen LogP contribution < -0.4 is 5.73 Å². The summed E-state index contributed by atoms with van der Waals surface area (Å²) in [6.45, 7) is 0.551. The third-order valence-corrected chi connectivity index (χ3v) is 6.37. The maximum Gasteiger partial charge on any atom is 0.251 e. The van der Waals surface area contributed by atoms with E-state index in [4.69, 9.17) is 11.0 Å². The topological polar surface area (TPSA) is 122 Å². The van der Waals surface area contributed by atoms with Gasteiger partial charge in [-0.15, -0.1) is 0 Å². The number of hydrogen-bond acceptors (Lipinski definition) is 6. The number of anilines is 1. The first-order valence-corrected chi connectivity index (χ1v) is 9.83. The highest BCUT2D eigenvalue weighted by Crippen LogP contribution is 2.24. The van der Waals surface area contributed by atoms with Gasteiger partial charge in [0.05, 0.1) is 11.9 Å². The molecule has 26 heavy (non-hydrogen) atoms. The number of carbonyl (C=O) groups is 1. The van der Waals surface area contributed by atoms with Crippen LogP contribution in [-0.4, -0.2) is 41.5 Å². The molecule has 1 aliphatic heterocycles. The van der Waals surface area contributed by atoms with Crippen molar-refractivity contribution in [2.45, 2.75) is 18.6 Å². The van der Waals surface area contributed by atoms with E-state index < -0.39 is 10.0 Å². The highest BCUT2D eigenvalue weighted by Gasteiger charge is 2.32. The highest BCUT2D eigenvalue weighted by atomic mass is 32.2. The molecule has 2 aromatic rings. The zero-order valence-electron chi connectivity index (χ0n) is 14.1. The molecule has 136 valence electrons. The number of nitriles is 1. The molecule has 8 nitrogen and oxygen atoms in total. The summed E-state index contributed by atoms with van der Waals surface area (Å²) in [7, 11) is -3.43. The number of nitrogens with two attached hydrogens (primary N) is 1. The molecule has 1 saturated heterocycles. The lowest BCUT2D eigenvalue weighted by Gasteiger charge is -2.30. The van der Waals surface area contributed by atoms with E-state index in [-0.39, 0.29) is 42.0 Å². The van der Waals surface area contributed by atoms with Gasteiger partial charge in [0, 0.05) is 19.0 Å². The van der Waals surface area contributed by atoms with Crippen LogP contribution >= 0.6 is 0 Å². The van der Waals surface area contributed by atoms with Gasteiger partial charge in [-0.1, -0.05) is 30.3 Å². The van der Waals surface area contributed by atoms with Crippen molar-refractivity contribution in [3.05, 3.63) is 47.7 Å². The van der Waals surface area contributed by atoms with E-state index in [0.717, 1.165) is 10.2 Å². The third kappa shape index (κ3) is 3.61. The van der Waals surface area contributed by atoms with Crippen LogP contribution in [0.2, 0.25) is 0 Å². The van der Waals surface area contributed by atoms with Crippen molar-refractivity contribution in [3.63, 3.8) is 0 Å². The second-order valence-electron chi connectivity index (χ2n) is 6.22. The summed E-state index contributed by atoms with van der Waals surface area (Å²) in [4.78, 5) is 12.5. The number of nitrogen functional groups attached to an aromatic ring is 1. The van der Waals surface area contributed by atoms with Crippen LogP contribution in [0.25, 0.3) is 0 Å². The van der Waals surface area contributed by atoms with Crippen LogP contribution in [0.4, 0.5) is 5.82 Å². The van der Waals surface area contributed by atoms with Gasteiger partial charge in [-0.25, -0.2) is 12.7 Å². The quantitative estimate of drug-likeness (QED) is 0.860. The van der Waals surface area contributed by atoms with Gasteiger partial charge in [-0.3, -0.25) is 4.79 Å². The van der Waals surface area contributed by atoms with Crippen molar-refractivity contribution in [3.8, 4) is 6.07 Å². The van der Waals surface area contributed by atoms with E-state index in [0.29, 0.717) is 12.8 Å². The molecule has 9 heteroatoms. The Hall–Kier alpha value is -2.70. The van der Waals surface area contributed by atoms with Crippen LogP contribution in [0.15, 0.2) is 36.5 Å². The molecule has 0 atom stereocenters. The summed E-state index contributed by atoms with van der Waals surface area (Å²) in [6, 6.07) is 10.9. The summed E-state index contributed by atoms with van der Waals surface area (Å²) < 4.78 is 27.6. The minimum atomic E-state index is -3.43. The molecule has 1 fully saturated rings. The molecule has 2 N–H and O–H groups in total. The Bertz CT molecular complexity index is 939. The minimum Gasteiger partial charge on any atom is -0.382 e. The number of carbonyl (C=O) groups excluding carboxylic acids is 1. The molecular formula is C17H19N5O3S. The molecule has 3 rings (SSSR count). The highest BCUT2D eigenvalue weighted by molar-refractivity contribution is 7.88. The molecule has 0 aliphatic carbocycles. The maximum atomic E-state index is 12.6. The van der Waals surface area contributed by atoms with E-state index in [1.165, 1.54) is 10.5 Å². The molecule has 1 aromatic carbocycles. The maximum absolute atomic E-state index is 12.6. The van der Waals surface area contributed by atoms with E-state index in [9.17, 15) is 13.2 Å². The average Bonchev–Trinajstić information content (AvgIpc) is 3.02. The van der Waals surface area contributed by atoms with Gasteiger partial charge in [0.1, 0.15) is 17.5 Å². The summed E-state index contributed by atoms with van der Waals surface area (Å²) in [5.74, 6) is -0.697. The van der Waals surface area contributed by atoms with E-state index in [1.807, 2.05) is 12.1 Å². The zero-order chi connectivity index (χ0) is 18.7. The Morgan fingerprint density at radius 1 is 1.27 bits per heavy atom. The number of hydrogen-bond donors (Lipinski definition) is 1. The van der Waals surface area contributed by atoms with Crippen molar-refractivity contribution >= 4 is 21.7 Å². The smallest absolute Gasteiger partial charge is 0.251 e.